The second-order valence-corrected chi connectivity index (χ2v) is 14.2. The molecule has 8 aromatic carbocycles. The van der Waals surface area contributed by atoms with Crippen LogP contribution >= 0.6 is 0 Å². The molecular weight excluding hydrogens is 617 g/mol. The predicted octanol–water partition coefficient (Wildman–Crippen LogP) is 13.4. The Kier molecular flexibility index (Phi) is 6.56. The molecule has 0 unspecified atom stereocenters. The van der Waals surface area contributed by atoms with Gasteiger partial charge in [-0.2, -0.15) is 0 Å². The van der Waals surface area contributed by atoms with Gasteiger partial charge in [-0.1, -0.05) is 141 Å². The van der Waals surface area contributed by atoms with Gasteiger partial charge in [0.05, 0.1) is 16.9 Å². The van der Waals surface area contributed by atoms with Crippen LogP contribution in [0.5, 0.6) is 0 Å². The van der Waals surface area contributed by atoms with Gasteiger partial charge in [0.25, 0.3) is 0 Å². The van der Waals surface area contributed by atoms with Gasteiger partial charge in [0.2, 0.25) is 0 Å². The van der Waals surface area contributed by atoms with E-state index in [1.165, 1.54) is 71.6 Å². The van der Waals surface area contributed by atoms with Gasteiger partial charge in [0.1, 0.15) is 0 Å². The van der Waals surface area contributed by atoms with Gasteiger partial charge in [-0.05, 0) is 93.0 Å². The first-order chi connectivity index (χ1) is 25.1. The Morgan fingerprint density at radius 2 is 1.02 bits per heavy atom. The molecule has 0 amide bonds. The Balaban J connectivity index is 1.18. The summed E-state index contributed by atoms with van der Waals surface area (Å²) in [5.74, 6) is 0. The molecule has 0 bridgehead atoms. The Morgan fingerprint density at radius 3 is 1.75 bits per heavy atom. The van der Waals surface area contributed by atoms with E-state index in [1.54, 1.807) is 0 Å². The fourth-order valence-electron chi connectivity index (χ4n) is 8.60. The predicted molar refractivity (Wildman–Crippen MR) is 216 cm³/mol. The molecule has 0 atom stereocenters. The summed E-state index contributed by atoms with van der Waals surface area (Å²) in [6.45, 7) is 4.78. The molecule has 1 heterocycles. The third-order valence-corrected chi connectivity index (χ3v) is 10.9. The molecule has 0 fully saturated rings. The molecule has 0 saturated heterocycles. The van der Waals surface area contributed by atoms with Crippen molar-refractivity contribution in [1.29, 1.82) is 0 Å². The summed E-state index contributed by atoms with van der Waals surface area (Å²) in [5, 5.41) is 6.39. The van der Waals surface area contributed by atoms with Crippen LogP contribution < -0.4 is 4.90 Å². The van der Waals surface area contributed by atoms with Gasteiger partial charge < -0.3 is 9.47 Å². The number of hydrogen-bond donors (Lipinski definition) is 0. The van der Waals surface area contributed by atoms with Crippen LogP contribution in [0.2, 0.25) is 0 Å². The molecule has 51 heavy (non-hydrogen) atoms. The number of anilines is 3. The van der Waals surface area contributed by atoms with Crippen molar-refractivity contribution >= 4 is 49.5 Å². The van der Waals surface area contributed by atoms with Gasteiger partial charge >= 0.3 is 0 Å². The van der Waals surface area contributed by atoms with E-state index in [4.69, 9.17) is 0 Å². The third kappa shape index (κ3) is 4.50. The first-order valence-corrected chi connectivity index (χ1v) is 17.8. The van der Waals surface area contributed by atoms with Gasteiger partial charge in [0, 0.05) is 38.8 Å². The van der Waals surface area contributed by atoms with E-state index in [9.17, 15) is 0 Å². The van der Waals surface area contributed by atoms with Gasteiger partial charge in [0.15, 0.2) is 0 Å². The first-order valence-electron chi connectivity index (χ1n) is 17.8. The molecule has 242 valence electrons. The number of para-hydroxylation sites is 2. The van der Waals surface area contributed by atoms with Crippen molar-refractivity contribution < 1.29 is 0 Å². The summed E-state index contributed by atoms with van der Waals surface area (Å²) in [7, 11) is 0. The third-order valence-electron chi connectivity index (χ3n) is 10.9. The normalized spacial score (nSPS) is 13.1. The first kappa shape index (κ1) is 29.5. The zero-order valence-electron chi connectivity index (χ0n) is 28.7. The van der Waals surface area contributed by atoms with E-state index in [0.29, 0.717) is 0 Å². The van der Waals surface area contributed by atoms with Crippen LogP contribution in [0.3, 0.4) is 0 Å². The van der Waals surface area contributed by atoms with Crippen molar-refractivity contribution in [3.05, 3.63) is 193 Å². The topological polar surface area (TPSA) is 8.17 Å². The van der Waals surface area contributed by atoms with E-state index in [2.05, 4.69) is 205 Å². The summed E-state index contributed by atoms with van der Waals surface area (Å²) in [6, 6.07) is 66.3. The number of benzene rings is 8. The fraction of sp³-hybridized carbons (Fsp3) is 0.0612. The number of aromatic nitrogens is 1. The zero-order chi connectivity index (χ0) is 34.1. The fourth-order valence-corrected chi connectivity index (χ4v) is 8.60. The second kappa shape index (κ2) is 11.3. The molecule has 0 N–H and O–H groups in total. The standard InChI is InChI=1S/C49H36N2/c1-49(2)44-24-14-13-23-42(44)48-47(49)43-31-34(33-25-28-38(29-26-33)50(36-16-5-3-6-17-36)37-18-7-4-8-19-37)27-30-45(43)51(48)46-32-35-15-9-10-20-39(35)40-21-11-12-22-41(40)46/h3-32H,1-2H3. The van der Waals surface area contributed by atoms with E-state index in [-0.39, 0.29) is 5.41 Å². The van der Waals surface area contributed by atoms with Crippen molar-refractivity contribution in [2.24, 2.45) is 0 Å². The van der Waals surface area contributed by atoms with Crippen LogP contribution in [-0.4, -0.2) is 4.57 Å². The molecule has 1 aliphatic rings. The maximum Gasteiger partial charge on any atom is 0.0585 e. The highest BCUT2D eigenvalue weighted by Gasteiger charge is 2.40. The van der Waals surface area contributed by atoms with Crippen molar-refractivity contribution in [3.63, 3.8) is 0 Å². The van der Waals surface area contributed by atoms with E-state index in [1.807, 2.05) is 0 Å². The molecule has 1 aromatic heterocycles. The SMILES string of the molecule is CC1(C)c2ccccc2-c2c1c1cc(-c3ccc(N(c4ccccc4)c4ccccc4)cc3)ccc1n2-c1cc2ccccc2c2ccccc12. The highest BCUT2D eigenvalue weighted by molar-refractivity contribution is 6.13. The van der Waals surface area contributed by atoms with E-state index in [0.717, 1.165) is 17.1 Å². The van der Waals surface area contributed by atoms with Crippen LogP contribution in [0.25, 0.3) is 60.5 Å². The molecule has 2 heteroatoms. The summed E-state index contributed by atoms with van der Waals surface area (Å²) in [4.78, 5) is 2.31. The molecule has 2 nitrogen and oxygen atoms in total. The Labute approximate surface area is 298 Å². The van der Waals surface area contributed by atoms with Crippen LogP contribution in [0.4, 0.5) is 17.1 Å². The highest BCUT2D eigenvalue weighted by atomic mass is 15.1. The largest absolute Gasteiger partial charge is 0.311 e. The van der Waals surface area contributed by atoms with Crippen LogP contribution in [0.1, 0.15) is 25.0 Å². The molecular formula is C49H36N2. The lowest BCUT2D eigenvalue weighted by Crippen LogP contribution is -2.14. The number of rotatable bonds is 5. The minimum Gasteiger partial charge on any atom is -0.311 e. The van der Waals surface area contributed by atoms with Crippen LogP contribution in [0.15, 0.2) is 182 Å². The van der Waals surface area contributed by atoms with Crippen molar-refractivity contribution in [2.75, 3.05) is 4.90 Å². The molecule has 1 aliphatic carbocycles. The van der Waals surface area contributed by atoms with Crippen molar-refractivity contribution in [1.82, 2.24) is 4.57 Å². The second-order valence-electron chi connectivity index (χ2n) is 14.2. The molecule has 9 aromatic rings. The Bertz CT molecular complexity index is 2710. The summed E-state index contributed by atoms with van der Waals surface area (Å²) in [5.41, 5.74) is 13.5. The lowest BCUT2D eigenvalue weighted by Gasteiger charge is -2.25. The minimum absolute atomic E-state index is 0.156. The smallest absolute Gasteiger partial charge is 0.0585 e. The monoisotopic (exact) mass is 652 g/mol. The summed E-state index contributed by atoms with van der Waals surface area (Å²) in [6.07, 6.45) is 0. The van der Waals surface area contributed by atoms with Gasteiger partial charge in [-0.3, -0.25) is 0 Å². The average molecular weight is 653 g/mol. The van der Waals surface area contributed by atoms with Crippen molar-refractivity contribution in [3.8, 4) is 28.1 Å². The maximum absolute atomic E-state index is 2.55. The zero-order valence-corrected chi connectivity index (χ0v) is 28.7. The highest BCUT2D eigenvalue weighted by Crippen LogP contribution is 2.54. The van der Waals surface area contributed by atoms with E-state index < -0.39 is 0 Å². The average Bonchev–Trinajstić information content (AvgIpc) is 3.65. The Hall–Kier alpha value is -6.38. The molecule has 0 aliphatic heterocycles. The Morgan fingerprint density at radius 1 is 0.451 bits per heavy atom. The molecule has 0 spiro atoms. The van der Waals surface area contributed by atoms with Crippen molar-refractivity contribution in [2.45, 2.75) is 19.3 Å². The van der Waals surface area contributed by atoms with E-state index >= 15 is 0 Å². The van der Waals surface area contributed by atoms with Gasteiger partial charge in [-0.15, -0.1) is 0 Å². The van der Waals surface area contributed by atoms with Gasteiger partial charge in [-0.25, -0.2) is 0 Å². The lowest BCUT2D eigenvalue weighted by atomic mass is 9.81. The van der Waals surface area contributed by atoms with Crippen LogP contribution in [-0.2, 0) is 5.41 Å². The molecule has 0 radical (unpaired) electrons. The quantitative estimate of drug-likeness (QED) is 0.168. The summed E-state index contributed by atoms with van der Waals surface area (Å²) < 4.78 is 2.55. The molecule has 10 rings (SSSR count). The molecule has 0 saturated carbocycles. The minimum atomic E-state index is -0.156. The number of hydrogen-bond acceptors (Lipinski definition) is 1. The number of fused-ring (bicyclic) bond motifs is 8. The van der Waals surface area contributed by atoms with Crippen LogP contribution in [0, 0.1) is 0 Å². The maximum atomic E-state index is 2.55. The summed E-state index contributed by atoms with van der Waals surface area (Å²) >= 11 is 0. The number of nitrogens with zero attached hydrogens (tertiary/aromatic N) is 2. The lowest BCUT2D eigenvalue weighted by molar-refractivity contribution is 0.666.